The van der Waals surface area contributed by atoms with Crippen LogP contribution in [0.2, 0.25) is 0 Å². The Morgan fingerprint density at radius 2 is 0.882 bits per heavy atom. The van der Waals surface area contributed by atoms with E-state index in [1.165, 1.54) is 11.1 Å². The molecule has 168 valence electrons. The van der Waals surface area contributed by atoms with Crippen molar-refractivity contribution in [3.05, 3.63) is 130 Å². The maximum absolute atomic E-state index is 13.5. The zero-order valence-electron chi connectivity index (χ0n) is 18.9. The fourth-order valence-electron chi connectivity index (χ4n) is 4.51. The van der Waals surface area contributed by atoms with Gasteiger partial charge in [-0.3, -0.25) is 9.59 Å². The van der Waals surface area contributed by atoms with Crippen LogP contribution in [-0.4, -0.2) is 24.7 Å². The molecule has 0 unspecified atom stereocenters. The van der Waals surface area contributed by atoms with Crippen molar-refractivity contribution in [3.63, 3.8) is 0 Å². The molecule has 5 rings (SSSR count). The average Bonchev–Trinajstić information content (AvgIpc) is 2.88. The largest absolute Gasteiger partial charge is 0.384 e. The summed E-state index contributed by atoms with van der Waals surface area (Å²) in [6.07, 6.45) is 1.66. The summed E-state index contributed by atoms with van der Waals surface area (Å²) >= 11 is 0. The van der Waals surface area contributed by atoms with Crippen LogP contribution in [0.4, 0.5) is 11.4 Å². The second kappa shape index (κ2) is 9.75. The molecule has 0 spiro atoms. The lowest BCUT2D eigenvalue weighted by atomic mass is 9.82. The molecule has 0 fully saturated rings. The van der Waals surface area contributed by atoms with Crippen LogP contribution in [0.1, 0.15) is 43.0 Å². The van der Waals surface area contributed by atoms with E-state index in [0.717, 1.165) is 12.8 Å². The number of carbonyl (C=O) groups excluding carboxylic acids is 2. The van der Waals surface area contributed by atoms with Gasteiger partial charge in [-0.1, -0.05) is 84.9 Å². The molecule has 1 aliphatic rings. The van der Waals surface area contributed by atoms with Crippen LogP contribution < -0.4 is 10.6 Å². The van der Waals surface area contributed by atoms with Gasteiger partial charge in [-0.15, -0.1) is 0 Å². The molecule has 0 heterocycles. The van der Waals surface area contributed by atoms with Gasteiger partial charge in [-0.05, 0) is 36.1 Å². The van der Waals surface area contributed by atoms with Gasteiger partial charge in [0.05, 0.1) is 11.1 Å². The van der Waals surface area contributed by atoms with Crippen molar-refractivity contribution < 1.29 is 9.59 Å². The number of fused-ring (bicyclic) bond motifs is 2. The average molecular weight is 447 g/mol. The summed E-state index contributed by atoms with van der Waals surface area (Å²) < 4.78 is 0. The molecule has 4 heteroatoms. The monoisotopic (exact) mass is 446 g/mol. The van der Waals surface area contributed by atoms with Gasteiger partial charge in [0.1, 0.15) is 0 Å². The molecule has 0 radical (unpaired) electrons. The minimum Gasteiger partial charge on any atom is -0.384 e. The Morgan fingerprint density at radius 3 is 1.29 bits per heavy atom. The van der Waals surface area contributed by atoms with E-state index in [2.05, 4.69) is 34.9 Å². The van der Waals surface area contributed by atoms with Crippen molar-refractivity contribution >= 4 is 22.9 Å². The first-order valence-corrected chi connectivity index (χ1v) is 11.6. The number of anilines is 2. The van der Waals surface area contributed by atoms with E-state index < -0.39 is 0 Å². The first kappa shape index (κ1) is 21.7. The Kier molecular flexibility index (Phi) is 6.21. The van der Waals surface area contributed by atoms with Crippen LogP contribution in [0.3, 0.4) is 0 Å². The highest BCUT2D eigenvalue weighted by Gasteiger charge is 2.33. The molecule has 0 bridgehead atoms. The van der Waals surface area contributed by atoms with Crippen molar-refractivity contribution in [2.24, 2.45) is 0 Å². The molecule has 0 saturated carbocycles. The fourth-order valence-corrected chi connectivity index (χ4v) is 4.51. The number of hydrogen-bond acceptors (Lipinski definition) is 4. The Morgan fingerprint density at radius 1 is 0.471 bits per heavy atom. The SMILES string of the molecule is O=C1c2cccc(NCCc3ccccc3)c2C(=O)c2cccc(NCCc3ccccc3)c21. The van der Waals surface area contributed by atoms with Crippen molar-refractivity contribution in [3.8, 4) is 0 Å². The molecule has 1 aliphatic carbocycles. The Labute approximate surface area is 199 Å². The molecular weight excluding hydrogens is 420 g/mol. The van der Waals surface area contributed by atoms with Gasteiger partial charge in [0.2, 0.25) is 0 Å². The lowest BCUT2D eigenvalue weighted by molar-refractivity contribution is 0.0980. The molecule has 0 saturated heterocycles. The predicted molar refractivity (Wildman–Crippen MR) is 137 cm³/mol. The molecule has 4 nitrogen and oxygen atoms in total. The molecule has 4 aromatic carbocycles. The first-order valence-electron chi connectivity index (χ1n) is 11.6. The Balaban J connectivity index is 1.37. The molecule has 0 atom stereocenters. The number of nitrogens with one attached hydrogen (secondary N) is 2. The molecule has 0 aromatic heterocycles. The third kappa shape index (κ3) is 4.35. The summed E-state index contributed by atoms with van der Waals surface area (Å²) in [7, 11) is 0. The highest BCUT2D eigenvalue weighted by atomic mass is 16.1. The highest BCUT2D eigenvalue weighted by molar-refractivity contribution is 6.31. The van der Waals surface area contributed by atoms with Crippen LogP contribution in [0.5, 0.6) is 0 Å². The summed E-state index contributed by atoms with van der Waals surface area (Å²) in [5, 5.41) is 6.76. The summed E-state index contributed by atoms with van der Waals surface area (Å²) in [5.41, 5.74) is 5.71. The predicted octanol–water partition coefficient (Wildman–Crippen LogP) is 5.77. The lowest BCUT2D eigenvalue weighted by Crippen LogP contribution is -2.24. The second-order valence-corrected chi connectivity index (χ2v) is 8.44. The van der Waals surface area contributed by atoms with Crippen LogP contribution in [0, 0.1) is 0 Å². The highest BCUT2D eigenvalue weighted by Crippen LogP contribution is 2.35. The summed E-state index contributed by atoms with van der Waals surface area (Å²) in [5.74, 6) is -0.224. The normalized spacial score (nSPS) is 12.1. The van der Waals surface area contributed by atoms with Crippen molar-refractivity contribution in [1.82, 2.24) is 0 Å². The zero-order chi connectivity index (χ0) is 23.3. The van der Waals surface area contributed by atoms with Crippen LogP contribution in [0.25, 0.3) is 0 Å². The minimum absolute atomic E-state index is 0.112. The minimum atomic E-state index is -0.112. The summed E-state index contributed by atoms with van der Waals surface area (Å²) in [6.45, 7) is 1.35. The van der Waals surface area contributed by atoms with Crippen molar-refractivity contribution in [2.75, 3.05) is 23.7 Å². The van der Waals surface area contributed by atoms with E-state index in [4.69, 9.17) is 0 Å². The molecule has 4 aromatic rings. The quantitative estimate of drug-likeness (QED) is 0.318. The van der Waals surface area contributed by atoms with Gasteiger partial charge < -0.3 is 10.6 Å². The fraction of sp³-hybridized carbons (Fsp3) is 0.133. The van der Waals surface area contributed by atoms with E-state index in [0.29, 0.717) is 46.7 Å². The lowest BCUT2D eigenvalue weighted by Gasteiger charge is -2.23. The number of hydrogen-bond donors (Lipinski definition) is 2. The van der Waals surface area contributed by atoms with Crippen LogP contribution >= 0.6 is 0 Å². The molecule has 2 N–H and O–H groups in total. The van der Waals surface area contributed by atoms with E-state index >= 15 is 0 Å². The second-order valence-electron chi connectivity index (χ2n) is 8.44. The van der Waals surface area contributed by atoms with E-state index in [1.807, 2.05) is 60.7 Å². The number of benzene rings is 4. The smallest absolute Gasteiger partial charge is 0.196 e. The summed E-state index contributed by atoms with van der Waals surface area (Å²) in [4.78, 5) is 27.1. The standard InChI is InChI=1S/C30H26N2O2/c33-29-24-14-8-16-26(32-20-18-22-11-5-2-6-12-22)28(24)30(34)23-13-7-15-25(27(23)29)31-19-17-21-9-3-1-4-10-21/h1-16,31-32H,17-20H2. The van der Waals surface area contributed by atoms with Crippen LogP contribution in [-0.2, 0) is 12.8 Å². The number of ketones is 2. The zero-order valence-corrected chi connectivity index (χ0v) is 18.9. The van der Waals surface area contributed by atoms with Gasteiger partial charge in [0.25, 0.3) is 0 Å². The van der Waals surface area contributed by atoms with Crippen molar-refractivity contribution in [2.45, 2.75) is 12.8 Å². The maximum atomic E-state index is 13.5. The third-order valence-electron chi connectivity index (χ3n) is 6.22. The molecule has 34 heavy (non-hydrogen) atoms. The van der Waals surface area contributed by atoms with Gasteiger partial charge in [-0.25, -0.2) is 0 Å². The topological polar surface area (TPSA) is 58.2 Å². The Bertz CT molecular complexity index is 1230. The first-order chi connectivity index (χ1) is 16.7. The number of carbonyl (C=O) groups is 2. The van der Waals surface area contributed by atoms with E-state index in [-0.39, 0.29) is 11.6 Å². The van der Waals surface area contributed by atoms with Gasteiger partial charge in [0.15, 0.2) is 11.6 Å². The van der Waals surface area contributed by atoms with Crippen LogP contribution in [0.15, 0.2) is 97.1 Å². The maximum Gasteiger partial charge on any atom is 0.196 e. The van der Waals surface area contributed by atoms with Gasteiger partial charge in [0, 0.05) is 35.6 Å². The number of rotatable bonds is 8. The molecular formula is C30H26N2O2. The molecule has 0 amide bonds. The Hall–Kier alpha value is -4.18. The van der Waals surface area contributed by atoms with Gasteiger partial charge in [-0.2, -0.15) is 0 Å². The summed E-state index contributed by atoms with van der Waals surface area (Å²) in [6, 6.07) is 31.3. The van der Waals surface area contributed by atoms with Gasteiger partial charge >= 0.3 is 0 Å². The van der Waals surface area contributed by atoms with E-state index in [1.54, 1.807) is 12.1 Å². The van der Waals surface area contributed by atoms with E-state index in [9.17, 15) is 9.59 Å². The third-order valence-corrected chi connectivity index (χ3v) is 6.22. The van der Waals surface area contributed by atoms with Crippen molar-refractivity contribution in [1.29, 1.82) is 0 Å². The molecule has 0 aliphatic heterocycles.